The lowest BCUT2D eigenvalue weighted by molar-refractivity contribution is 0.389. The fraction of sp³-hybridized carbons (Fsp3) is 0.263. The van der Waals surface area contributed by atoms with Crippen LogP contribution in [0.2, 0.25) is 0 Å². The Morgan fingerprint density at radius 1 is 1.17 bits per heavy atom. The van der Waals surface area contributed by atoms with Crippen molar-refractivity contribution in [2.75, 3.05) is 11.1 Å². The molecule has 0 unspecified atom stereocenters. The number of hydrogen-bond acceptors (Lipinski definition) is 9. The predicted octanol–water partition coefficient (Wildman–Crippen LogP) is 2.69. The van der Waals surface area contributed by atoms with Crippen molar-refractivity contribution in [2.24, 2.45) is 0 Å². The summed E-state index contributed by atoms with van der Waals surface area (Å²) in [6.07, 6.45) is 7.25. The van der Waals surface area contributed by atoms with Crippen molar-refractivity contribution in [2.45, 2.75) is 32.2 Å². The zero-order valence-corrected chi connectivity index (χ0v) is 15.8. The molecule has 4 aromatic rings. The minimum absolute atomic E-state index is 0.361. The molecule has 0 spiro atoms. The number of nitrogens with two attached hydrogens (primary N) is 1. The first-order chi connectivity index (χ1) is 14.2. The molecule has 5 rings (SSSR count). The summed E-state index contributed by atoms with van der Waals surface area (Å²) in [5.41, 5.74) is 10.9. The third-order valence-corrected chi connectivity index (χ3v) is 4.79. The fourth-order valence-corrected chi connectivity index (χ4v) is 3.17. The highest BCUT2D eigenvalue weighted by atomic mass is 16.5. The smallest absolute Gasteiger partial charge is 0.225 e. The zero-order chi connectivity index (χ0) is 19.8. The third kappa shape index (κ3) is 3.51. The normalized spacial score (nSPS) is 13.6. The van der Waals surface area contributed by atoms with E-state index in [1.807, 2.05) is 13.0 Å². The van der Waals surface area contributed by atoms with Crippen molar-refractivity contribution < 1.29 is 4.52 Å². The van der Waals surface area contributed by atoms with Gasteiger partial charge in [-0.15, -0.1) is 0 Å². The molecule has 4 heterocycles. The van der Waals surface area contributed by atoms with E-state index in [9.17, 15) is 0 Å². The summed E-state index contributed by atoms with van der Waals surface area (Å²) in [5.74, 6) is 2.01. The van der Waals surface area contributed by atoms with Crippen LogP contribution in [0, 0.1) is 6.92 Å². The molecule has 1 aliphatic carbocycles. The summed E-state index contributed by atoms with van der Waals surface area (Å²) in [6.45, 7) is 2.25. The van der Waals surface area contributed by atoms with Crippen LogP contribution in [0.3, 0.4) is 0 Å². The predicted molar refractivity (Wildman–Crippen MR) is 106 cm³/mol. The molecule has 146 valence electrons. The summed E-state index contributed by atoms with van der Waals surface area (Å²) in [4.78, 5) is 17.1. The summed E-state index contributed by atoms with van der Waals surface area (Å²) in [6, 6.07) is 3.83. The Bertz CT molecular complexity index is 1120. The Balaban J connectivity index is 1.31. The van der Waals surface area contributed by atoms with Gasteiger partial charge in [0.15, 0.2) is 5.76 Å². The first-order valence-electron chi connectivity index (χ1n) is 9.33. The molecular weight excluding hydrogens is 370 g/mol. The third-order valence-electron chi connectivity index (χ3n) is 4.79. The van der Waals surface area contributed by atoms with E-state index in [2.05, 4.69) is 40.6 Å². The number of H-pyrrole nitrogens is 1. The van der Waals surface area contributed by atoms with E-state index in [1.54, 1.807) is 24.7 Å². The Morgan fingerprint density at radius 2 is 2.07 bits per heavy atom. The van der Waals surface area contributed by atoms with Gasteiger partial charge in [-0.3, -0.25) is 15.1 Å². The van der Waals surface area contributed by atoms with E-state index >= 15 is 0 Å². The summed E-state index contributed by atoms with van der Waals surface area (Å²) < 4.78 is 5.34. The van der Waals surface area contributed by atoms with Crippen LogP contribution in [0.1, 0.15) is 35.9 Å². The highest BCUT2D eigenvalue weighted by Gasteiger charge is 2.26. The van der Waals surface area contributed by atoms with Crippen molar-refractivity contribution >= 4 is 11.8 Å². The lowest BCUT2D eigenvalue weighted by Crippen LogP contribution is -2.08. The average Bonchev–Trinajstić information content (AvgIpc) is 3.27. The molecule has 0 amide bonds. The number of aromatic amines is 1. The zero-order valence-electron chi connectivity index (χ0n) is 15.8. The molecule has 0 aromatic carbocycles. The topological polar surface area (TPSA) is 144 Å². The highest BCUT2D eigenvalue weighted by Crippen LogP contribution is 2.40. The number of nitrogens with zero attached hydrogens (tertiary/aromatic N) is 6. The van der Waals surface area contributed by atoms with Gasteiger partial charge in [0.1, 0.15) is 17.2 Å². The fourth-order valence-electron chi connectivity index (χ4n) is 3.17. The Labute approximate surface area is 166 Å². The van der Waals surface area contributed by atoms with E-state index in [0.29, 0.717) is 41.4 Å². The lowest BCUT2D eigenvalue weighted by Gasteiger charge is -2.09. The monoisotopic (exact) mass is 389 g/mol. The van der Waals surface area contributed by atoms with Crippen LogP contribution in [0.25, 0.3) is 22.6 Å². The van der Waals surface area contributed by atoms with E-state index in [0.717, 1.165) is 22.6 Å². The van der Waals surface area contributed by atoms with Crippen LogP contribution >= 0.6 is 0 Å². The number of rotatable bonds is 6. The molecule has 29 heavy (non-hydrogen) atoms. The van der Waals surface area contributed by atoms with Crippen LogP contribution in [-0.2, 0) is 6.54 Å². The number of nitrogens with one attached hydrogen (secondary N) is 2. The molecule has 0 atom stereocenters. The first-order valence-corrected chi connectivity index (χ1v) is 9.33. The van der Waals surface area contributed by atoms with Gasteiger partial charge in [0.05, 0.1) is 29.7 Å². The summed E-state index contributed by atoms with van der Waals surface area (Å²) >= 11 is 0. The molecule has 1 aliphatic rings. The maximum absolute atomic E-state index is 6.21. The molecule has 4 N–H and O–H groups in total. The molecule has 0 bridgehead atoms. The SMILES string of the molecule is Cc1nc(NCc2cc(-c3cnccn3)no2)nc(N)c1-c1cc(C2CC2)[nH]n1. The molecule has 1 fully saturated rings. The molecule has 0 aliphatic heterocycles. The van der Waals surface area contributed by atoms with E-state index in [-0.39, 0.29) is 0 Å². The van der Waals surface area contributed by atoms with Gasteiger partial charge >= 0.3 is 0 Å². The van der Waals surface area contributed by atoms with Gasteiger partial charge in [0.25, 0.3) is 0 Å². The van der Waals surface area contributed by atoms with Crippen molar-refractivity contribution in [3.63, 3.8) is 0 Å². The standard InChI is InChI=1S/C19H19N9O/c1-10-17(15-7-13(26-27-15)11-2-3-11)18(20)25-19(24-10)23-8-12-6-14(28-29-12)16-9-21-4-5-22-16/h4-7,9,11H,2-3,8H2,1H3,(H,26,27)(H3,20,23,24,25). The average molecular weight is 389 g/mol. The van der Waals surface area contributed by atoms with Gasteiger partial charge in [0, 0.05) is 30.1 Å². The maximum atomic E-state index is 6.21. The second kappa shape index (κ2) is 6.97. The van der Waals surface area contributed by atoms with Crippen LogP contribution in [0.4, 0.5) is 11.8 Å². The molecule has 0 saturated heterocycles. The van der Waals surface area contributed by atoms with Crippen LogP contribution in [0.15, 0.2) is 35.2 Å². The van der Waals surface area contributed by atoms with Gasteiger partial charge < -0.3 is 15.6 Å². The second-order valence-electron chi connectivity index (χ2n) is 7.00. The number of anilines is 2. The quantitative estimate of drug-likeness (QED) is 0.453. The van der Waals surface area contributed by atoms with Gasteiger partial charge in [0.2, 0.25) is 5.95 Å². The Morgan fingerprint density at radius 3 is 2.83 bits per heavy atom. The summed E-state index contributed by atoms with van der Waals surface area (Å²) in [5, 5.41) is 14.6. The van der Waals surface area contributed by atoms with Crippen LogP contribution < -0.4 is 11.1 Å². The van der Waals surface area contributed by atoms with Crippen molar-refractivity contribution in [1.82, 2.24) is 35.3 Å². The number of aromatic nitrogens is 7. The Hall–Kier alpha value is -3.82. The number of nitrogen functional groups attached to an aromatic ring is 1. The van der Waals surface area contributed by atoms with Gasteiger partial charge in [-0.25, -0.2) is 4.98 Å². The van der Waals surface area contributed by atoms with Crippen molar-refractivity contribution in [3.8, 4) is 22.6 Å². The number of hydrogen-bond donors (Lipinski definition) is 3. The summed E-state index contributed by atoms with van der Waals surface area (Å²) in [7, 11) is 0. The van der Waals surface area contributed by atoms with Gasteiger partial charge in [-0.1, -0.05) is 5.16 Å². The van der Waals surface area contributed by atoms with Crippen LogP contribution in [0.5, 0.6) is 0 Å². The first kappa shape index (κ1) is 17.3. The largest absolute Gasteiger partial charge is 0.383 e. The minimum atomic E-state index is 0.361. The van der Waals surface area contributed by atoms with Gasteiger partial charge in [-0.2, -0.15) is 10.1 Å². The number of aryl methyl sites for hydroxylation is 1. The molecule has 1 saturated carbocycles. The molecule has 10 nitrogen and oxygen atoms in total. The lowest BCUT2D eigenvalue weighted by atomic mass is 10.1. The maximum Gasteiger partial charge on any atom is 0.225 e. The van der Waals surface area contributed by atoms with Crippen molar-refractivity contribution in [3.05, 3.63) is 47.9 Å². The molecular formula is C19H19N9O. The highest BCUT2D eigenvalue weighted by molar-refractivity contribution is 5.74. The molecule has 0 radical (unpaired) electrons. The van der Waals surface area contributed by atoms with Gasteiger partial charge in [-0.05, 0) is 25.8 Å². The van der Waals surface area contributed by atoms with E-state index in [4.69, 9.17) is 10.3 Å². The molecule has 10 heteroatoms. The minimum Gasteiger partial charge on any atom is -0.383 e. The second-order valence-corrected chi connectivity index (χ2v) is 7.00. The van der Waals surface area contributed by atoms with E-state index < -0.39 is 0 Å². The Kier molecular flexibility index (Phi) is 4.15. The van der Waals surface area contributed by atoms with Crippen LogP contribution in [-0.4, -0.2) is 35.3 Å². The van der Waals surface area contributed by atoms with E-state index in [1.165, 1.54) is 12.8 Å². The molecule has 4 aromatic heterocycles. The van der Waals surface area contributed by atoms with Crippen molar-refractivity contribution in [1.29, 1.82) is 0 Å².